The van der Waals surface area contributed by atoms with Crippen LogP contribution in [0.25, 0.3) is 0 Å². The number of hydrogen-bond donors (Lipinski definition) is 1. The van der Waals surface area contributed by atoms with Gasteiger partial charge in [-0.05, 0) is 46.6 Å². The van der Waals surface area contributed by atoms with E-state index in [1.54, 1.807) is 0 Å². The lowest BCUT2D eigenvalue weighted by molar-refractivity contribution is 0.0226. The summed E-state index contributed by atoms with van der Waals surface area (Å²) in [6.45, 7) is 10.8. The Kier molecular flexibility index (Phi) is 7.35. The number of nitrogens with zero attached hydrogens (tertiary/aromatic N) is 1. The van der Waals surface area contributed by atoms with Crippen molar-refractivity contribution in [2.75, 3.05) is 19.6 Å². The van der Waals surface area contributed by atoms with Crippen molar-refractivity contribution in [1.29, 1.82) is 0 Å². The largest absolute Gasteiger partial charge is 0.444 e. The quantitative estimate of drug-likeness (QED) is 0.727. The molecule has 1 rings (SSSR count). The lowest BCUT2D eigenvalue weighted by atomic mass is 10.2. The average Bonchev–Trinajstić information content (AvgIpc) is 2.80. The summed E-state index contributed by atoms with van der Waals surface area (Å²) in [6, 6.07) is 0.302. The second kappa shape index (κ2) is 8.50. The summed E-state index contributed by atoms with van der Waals surface area (Å²) in [5, 5.41) is 3.48. The van der Waals surface area contributed by atoms with Crippen LogP contribution in [-0.2, 0) is 4.74 Å². The van der Waals surface area contributed by atoms with Gasteiger partial charge >= 0.3 is 6.09 Å². The van der Waals surface area contributed by atoms with Crippen molar-refractivity contribution in [2.24, 2.45) is 0 Å². The fourth-order valence-electron chi connectivity index (χ4n) is 2.55. The van der Waals surface area contributed by atoms with Gasteiger partial charge in [-0.2, -0.15) is 0 Å². The van der Waals surface area contributed by atoms with E-state index in [0.717, 1.165) is 32.5 Å². The van der Waals surface area contributed by atoms with Crippen LogP contribution in [0.1, 0.15) is 66.2 Å². The third-order valence-electron chi connectivity index (χ3n) is 3.59. The number of hydrogen-bond acceptors (Lipinski definition) is 3. The van der Waals surface area contributed by atoms with E-state index >= 15 is 0 Å². The summed E-state index contributed by atoms with van der Waals surface area (Å²) in [6.07, 6.45) is 7.12. The van der Waals surface area contributed by atoms with Crippen molar-refractivity contribution in [3.63, 3.8) is 0 Å². The van der Waals surface area contributed by atoms with Crippen LogP contribution in [0.15, 0.2) is 0 Å². The summed E-state index contributed by atoms with van der Waals surface area (Å²) in [5.74, 6) is 0. The van der Waals surface area contributed by atoms with Gasteiger partial charge in [-0.3, -0.25) is 0 Å². The zero-order valence-corrected chi connectivity index (χ0v) is 13.7. The molecule has 1 fully saturated rings. The Morgan fingerprint density at radius 2 is 2.05 bits per heavy atom. The molecular formula is C16H32N2O2. The van der Waals surface area contributed by atoms with Gasteiger partial charge in [0, 0.05) is 19.1 Å². The van der Waals surface area contributed by atoms with Crippen LogP contribution < -0.4 is 5.32 Å². The van der Waals surface area contributed by atoms with Crippen LogP contribution in [0.4, 0.5) is 4.79 Å². The van der Waals surface area contributed by atoms with E-state index in [9.17, 15) is 4.79 Å². The molecule has 1 N–H and O–H groups in total. The maximum absolute atomic E-state index is 12.1. The van der Waals surface area contributed by atoms with Crippen molar-refractivity contribution in [3.05, 3.63) is 0 Å². The molecule has 1 saturated heterocycles. The van der Waals surface area contributed by atoms with Gasteiger partial charge in [0.25, 0.3) is 0 Å². The molecule has 0 spiro atoms. The monoisotopic (exact) mass is 284 g/mol. The molecule has 0 aliphatic carbocycles. The standard InChI is InChI=1S/C16H32N2O2/c1-5-6-7-8-11-17-13-14-10-9-12-18(14)15(19)20-16(2,3)4/h14,17H,5-13H2,1-4H3. The fraction of sp³-hybridized carbons (Fsp3) is 0.938. The number of nitrogens with one attached hydrogen (secondary N) is 1. The molecule has 20 heavy (non-hydrogen) atoms. The second-order valence-corrected chi connectivity index (χ2v) is 6.73. The van der Waals surface area contributed by atoms with Gasteiger partial charge < -0.3 is 15.0 Å². The number of rotatable bonds is 7. The minimum atomic E-state index is -0.405. The molecule has 4 heteroatoms. The SMILES string of the molecule is CCCCCCNCC1CCCN1C(=O)OC(C)(C)C. The molecule has 1 unspecified atom stereocenters. The Morgan fingerprint density at radius 1 is 1.30 bits per heavy atom. The number of ether oxygens (including phenoxy) is 1. The van der Waals surface area contributed by atoms with Crippen LogP contribution in [0.5, 0.6) is 0 Å². The van der Waals surface area contributed by atoms with Gasteiger partial charge in [0.05, 0.1) is 0 Å². The van der Waals surface area contributed by atoms with E-state index in [-0.39, 0.29) is 6.09 Å². The maximum atomic E-state index is 12.1. The van der Waals surface area contributed by atoms with Crippen LogP contribution >= 0.6 is 0 Å². The van der Waals surface area contributed by atoms with Gasteiger partial charge in [0.15, 0.2) is 0 Å². The first kappa shape index (κ1) is 17.3. The lowest BCUT2D eigenvalue weighted by Gasteiger charge is -2.28. The third-order valence-corrected chi connectivity index (χ3v) is 3.59. The van der Waals surface area contributed by atoms with Gasteiger partial charge in [-0.1, -0.05) is 26.2 Å². The molecule has 0 aromatic rings. The number of unbranched alkanes of at least 4 members (excludes halogenated alkanes) is 3. The van der Waals surface area contributed by atoms with Gasteiger partial charge in [-0.15, -0.1) is 0 Å². The molecule has 0 aromatic carbocycles. The molecule has 118 valence electrons. The smallest absolute Gasteiger partial charge is 0.410 e. The van der Waals surface area contributed by atoms with E-state index in [4.69, 9.17) is 4.74 Å². The molecule has 0 radical (unpaired) electrons. The summed E-state index contributed by atoms with van der Waals surface area (Å²) in [4.78, 5) is 14.0. The third kappa shape index (κ3) is 6.60. The Labute approximate surface area is 124 Å². The molecule has 0 bridgehead atoms. The number of carbonyl (C=O) groups excluding carboxylic acids is 1. The Balaban J connectivity index is 2.25. The number of likely N-dealkylation sites (tertiary alicyclic amines) is 1. The molecule has 1 heterocycles. The van der Waals surface area contributed by atoms with Crippen LogP contribution in [0, 0.1) is 0 Å². The normalized spacial score (nSPS) is 19.4. The van der Waals surface area contributed by atoms with E-state index in [2.05, 4.69) is 12.2 Å². The topological polar surface area (TPSA) is 41.6 Å². The van der Waals surface area contributed by atoms with Crippen molar-refractivity contribution >= 4 is 6.09 Å². The Morgan fingerprint density at radius 3 is 2.70 bits per heavy atom. The highest BCUT2D eigenvalue weighted by atomic mass is 16.6. The number of carbonyl (C=O) groups is 1. The molecule has 1 aliphatic heterocycles. The zero-order chi connectivity index (χ0) is 15.0. The van der Waals surface area contributed by atoms with Gasteiger partial charge in [0.2, 0.25) is 0 Å². The molecular weight excluding hydrogens is 252 g/mol. The van der Waals surface area contributed by atoms with Crippen molar-refractivity contribution in [3.8, 4) is 0 Å². The van der Waals surface area contributed by atoms with Crippen LogP contribution in [-0.4, -0.2) is 42.3 Å². The molecule has 0 aromatic heterocycles. The Hall–Kier alpha value is -0.770. The average molecular weight is 284 g/mol. The summed E-state index contributed by atoms with van der Waals surface area (Å²) in [7, 11) is 0. The first-order chi connectivity index (χ1) is 9.44. The fourth-order valence-corrected chi connectivity index (χ4v) is 2.55. The molecule has 0 saturated carbocycles. The lowest BCUT2D eigenvalue weighted by Crippen LogP contribution is -2.44. The van der Waals surface area contributed by atoms with Crippen LogP contribution in [0.2, 0.25) is 0 Å². The first-order valence-corrected chi connectivity index (χ1v) is 8.14. The van der Waals surface area contributed by atoms with E-state index < -0.39 is 5.60 Å². The van der Waals surface area contributed by atoms with Crippen LogP contribution in [0.3, 0.4) is 0 Å². The molecule has 4 nitrogen and oxygen atoms in total. The summed E-state index contributed by atoms with van der Waals surface area (Å²) >= 11 is 0. The minimum Gasteiger partial charge on any atom is -0.444 e. The summed E-state index contributed by atoms with van der Waals surface area (Å²) < 4.78 is 5.47. The maximum Gasteiger partial charge on any atom is 0.410 e. The van der Waals surface area contributed by atoms with Gasteiger partial charge in [0.1, 0.15) is 5.60 Å². The van der Waals surface area contributed by atoms with E-state index in [1.807, 2.05) is 25.7 Å². The zero-order valence-electron chi connectivity index (χ0n) is 13.7. The van der Waals surface area contributed by atoms with Crippen molar-refractivity contribution < 1.29 is 9.53 Å². The van der Waals surface area contributed by atoms with E-state index in [0.29, 0.717) is 6.04 Å². The summed E-state index contributed by atoms with van der Waals surface area (Å²) in [5.41, 5.74) is -0.405. The predicted octanol–water partition coefficient (Wildman–Crippen LogP) is 3.56. The highest BCUT2D eigenvalue weighted by Crippen LogP contribution is 2.20. The first-order valence-electron chi connectivity index (χ1n) is 8.14. The highest BCUT2D eigenvalue weighted by molar-refractivity contribution is 5.69. The molecule has 1 amide bonds. The highest BCUT2D eigenvalue weighted by Gasteiger charge is 2.31. The number of amides is 1. The molecule has 1 aliphatic rings. The van der Waals surface area contributed by atoms with E-state index in [1.165, 1.54) is 25.7 Å². The minimum absolute atomic E-state index is 0.159. The Bertz CT molecular complexity index is 287. The van der Waals surface area contributed by atoms with Crippen molar-refractivity contribution in [2.45, 2.75) is 77.9 Å². The predicted molar refractivity (Wildman–Crippen MR) is 83.0 cm³/mol. The van der Waals surface area contributed by atoms with Gasteiger partial charge in [-0.25, -0.2) is 4.79 Å². The van der Waals surface area contributed by atoms with Crippen molar-refractivity contribution in [1.82, 2.24) is 10.2 Å². The molecule has 1 atom stereocenters. The second-order valence-electron chi connectivity index (χ2n) is 6.73.